The fourth-order valence-electron chi connectivity index (χ4n) is 2.37. The van der Waals surface area contributed by atoms with Crippen molar-refractivity contribution in [1.29, 1.82) is 0 Å². The minimum Gasteiger partial charge on any atom is -0.480 e. The molecule has 0 aliphatic carbocycles. The summed E-state index contributed by atoms with van der Waals surface area (Å²) in [5.74, 6) is -1.34. The summed E-state index contributed by atoms with van der Waals surface area (Å²) in [7, 11) is 0. The van der Waals surface area contributed by atoms with E-state index in [0.717, 1.165) is 32.4 Å². The molecule has 1 aliphatic rings. The molecular weight excluding hydrogens is 301 g/mol. The average molecular weight is 316 g/mol. The molecule has 98 valence electrons. The number of hydrogen-bond donors (Lipinski definition) is 1. The van der Waals surface area contributed by atoms with Crippen molar-refractivity contribution in [2.24, 2.45) is 0 Å². The first kappa shape index (κ1) is 13.5. The van der Waals surface area contributed by atoms with Crippen molar-refractivity contribution >= 4 is 21.9 Å². The van der Waals surface area contributed by atoms with Gasteiger partial charge in [-0.15, -0.1) is 0 Å². The minimum atomic E-state index is -0.918. The van der Waals surface area contributed by atoms with E-state index < -0.39 is 17.8 Å². The molecule has 1 aliphatic heterocycles. The van der Waals surface area contributed by atoms with Crippen molar-refractivity contribution < 1.29 is 14.3 Å². The van der Waals surface area contributed by atoms with Crippen LogP contribution >= 0.6 is 15.9 Å². The highest BCUT2D eigenvalue weighted by Gasteiger charge is 2.28. The first-order chi connectivity index (χ1) is 8.59. The summed E-state index contributed by atoms with van der Waals surface area (Å²) in [6.45, 7) is 1.52. The fourth-order valence-corrected chi connectivity index (χ4v) is 2.62. The lowest BCUT2D eigenvalue weighted by Crippen LogP contribution is -2.37. The minimum absolute atomic E-state index is 0.356. The predicted molar refractivity (Wildman–Crippen MR) is 69.9 cm³/mol. The van der Waals surface area contributed by atoms with Gasteiger partial charge in [0, 0.05) is 0 Å². The third kappa shape index (κ3) is 2.90. The van der Waals surface area contributed by atoms with Crippen LogP contribution in [0.4, 0.5) is 4.39 Å². The molecule has 1 fully saturated rings. The van der Waals surface area contributed by atoms with Crippen molar-refractivity contribution in [1.82, 2.24) is 4.90 Å². The number of piperidine rings is 1. The van der Waals surface area contributed by atoms with Gasteiger partial charge in [-0.3, -0.25) is 9.69 Å². The highest BCUT2D eigenvalue weighted by molar-refractivity contribution is 9.10. The average Bonchev–Trinajstić information content (AvgIpc) is 2.35. The quantitative estimate of drug-likeness (QED) is 0.931. The number of aliphatic carboxylic acids is 1. The maximum atomic E-state index is 13.5. The molecule has 1 atom stereocenters. The molecule has 0 spiro atoms. The second-order valence-corrected chi connectivity index (χ2v) is 5.37. The van der Waals surface area contributed by atoms with Crippen LogP contribution in [0.5, 0.6) is 0 Å². The van der Waals surface area contributed by atoms with Crippen LogP contribution in [-0.4, -0.2) is 29.1 Å². The number of benzene rings is 1. The van der Waals surface area contributed by atoms with Crippen molar-refractivity contribution in [3.8, 4) is 0 Å². The Balaban J connectivity index is 2.28. The summed E-state index contributed by atoms with van der Waals surface area (Å²) in [5.41, 5.74) is 0.505. The molecule has 0 saturated carbocycles. The summed E-state index contributed by atoms with van der Waals surface area (Å²) in [6.07, 6.45) is 3.14. The van der Waals surface area contributed by atoms with Gasteiger partial charge in [-0.2, -0.15) is 0 Å². The molecule has 0 radical (unpaired) electrons. The molecule has 1 aromatic carbocycles. The first-order valence-electron chi connectivity index (χ1n) is 6.01. The molecule has 1 N–H and O–H groups in total. The second-order valence-electron chi connectivity index (χ2n) is 4.51. The van der Waals surface area contributed by atoms with Crippen molar-refractivity contribution in [2.45, 2.75) is 25.3 Å². The molecule has 3 nitrogen and oxygen atoms in total. The topological polar surface area (TPSA) is 40.5 Å². The van der Waals surface area contributed by atoms with Crippen LogP contribution in [0.3, 0.4) is 0 Å². The van der Waals surface area contributed by atoms with E-state index in [0.29, 0.717) is 10.0 Å². The summed E-state index contributed by atoms with van der Waals surface area (Å²) in [5, 5.41) is 9.36. The zero-order chi connectivity index (χ0) is 13.1. The second kappa shape index (κ2) is 5.80. The van der Waals surface area contributed by atoms with Crippen LogP contribution in [0.2, 0.25) is 0 Å². The highest BCUT2D eigenvalue weighted by atomic mass is 79.9. The number of carbonyl (C=O) groups is 1. The molecule has 1 unspecified atom stereocenters. The normalized spacial score (nSPS) is 18.6. The van der Waals surface area contributed by atoms with Crippen LogP contribution in [0.1, 0.15) is 30.9 Å². The summed E-state index contributed by atoms with van der Waals surface area (Å²) >= 11 is 3.08. The van der Waals surface area contributed by atoms with E-state index in [1.807, 2.05) is 4.90 Å². The predicted octanol–water partition coefficient (Wildman–Crippen LogP) is 3.20. The number of carboxylic acid groups (broad SMARTS) is 1. The van der Waals surface area contributed by atoms with Gasteiger partial charge in [0.05, 0.1) is 4.47 Å². The number of nitrogens with zero attached hydrogens (tertiary/aromatic N) is 1. The monoisotopic (exact) mass is 315 g/mol. The number of hydrogen-bond acceptors (Lipinski definition) is 2. The molecule has 1 aromatic rings. The Kier molecular flexibility index (Phi) is 4.35. The van der Waals surface area contributed by atoms with E-state index in [9.17, 15) is 14.3 Å². The Morgan fingerprint density at radius 3 is 2.56 bits per heavy atom. The molecule has 0 aromatic heterocycles. The summed E-state index contributed by atoms with van der Waals surface area (Å²) < 4.78 is 13.9. The molecule has 1 saturated heterocycles. The van der Waals surface area contributed by atoms with Gasteiger partial charge >= 0.3 is 5.97 Å². The molecule has 5 heteroatoms. The van der Waals surface area contributed by atoms with E-state index in [-0.39, 0.29) is 0 Å². The van der Waals surface area contributed by atoms with Gasteiger partial charge in [-0.1, -0.05) is 12.5 Å². The van der Waals surface area contributed by atoms with Gasteiger partial charge in [0.1, 0.15) is 11.9 Å². The van der Waals surface area contributed by atoms with Gasteiger partial charge in [0.25, 0.3) is 0 Å². The molecule has 0 bridgehead atoms. The molecule has 2 rings (SSSR count). The van der Waals surface area contributed by atoms with Crippen LogP contribution < -0.4 is 0 Å². The van der Waals surface area contributed by atoms with E-state index in [2.05, 4.69) is 15.9 Å². The Labute approximate surface area is 114 Å². The zero-order valence-electron chi connectivity index (χ0n) is 9.90. The van der Waals surface area contributed by atoms with E-state index >= 15 is 0 Å². The fraction of sp³-hybridized carbons (Fsp3) is 0.462. The smallest absolute Gasteiger partial charge is 0.325 e. The zero-order valence-corrected chi connectivity index (χ0v) is 11.5. The van der Waals surface area contributed by atoms with Crippen LogP contribution in [0.15, 0.2) is 22.7 Å². The van der Waals surface area contributed by atoms with Crippen molar-refractivity contribution in [3.63, 3.8) is 0 Å². The van der Waals surface area contributed by atoms with E-state index in [1.54, 1.807) is 12.1 Å². The number of rotatable bonds is 3. The number of likely N-dealkylation sites (tertiary alicyclic amines) is 1. The van der Waals surface area contributed by atoms with Gasteiger partial charge < -0.3 is 5.11 Å². The lowest BCUT2D eigenvalue weighted by atomic mass is 10.0. The Hall–Kier alpha value is -0.940. The summed E-state index contributed by atoms with van der Waals surface area (Å²) in [4.78, 5) is 13.3. The number of carboxylic acids is 1. The first-order valence-corrected chi connectivity index (χ1v) is 6.80. The van der Waals surface area contributed by atoms with Crippen LogP contribution in [0.25, 0.3) is 0 Å². The van der Waals surface area contributed by atoms with Gasteiger partial charge in [0.2, 0.25) is 0 Å². The standard InChI is InChI=1S/C13H15BrFNO2/c14-10-5-4-9(8-11(10)15)12(13(17)18)16-6-2-1-3-7-16/h4-5,8,12H,1-3,6-7H2,(H,17,18). The Bertz CT molecular complexity index is 447. The molecular formula is C13H15BrFNO2. The molecule has 18 heavy (non-hydrogen) atoms. The van der Waals surface area contributed by atoms with Crippen molar-refractivity contribution in [2.75, 3.05) is 13.1 Å². The lowest BCUT2D eigenvalue weighted by molar-refractivity contribution is -0.144. The SMILES string of the molecule is O=C(O)C(c1ccc(Br)c(F)c1)N1CCCCC1. The van der Waals surface area contributed by atoms with Gasteiger partial charge in [0.15, 0.2) is 0 Å². The largest absolute Gasteiger partial charge is 0.480 e. The van der Waals surface area contributed by atoms with Gasteiger partial charge in [-0.25, -0.2) is 4.39 Å². The molecule has 1 heterocycles. The van der Waals surface area contributed by atoms with Crippen LogP contribution in [-0.2, 0) is 4.79 Å². The maximum Gasteiger partial charge on any atom is 0.325 e. The summed E-state index contributed by atoms with van der Waals surface area (Å²) in [6, 6.07) is 3.79. The Morgan fingerprint density at radius 1 is 1.33 bits per heavy atom. The van der Waals surface area contributed by atoms with Crippen LogP contribution in [0, 0.1) is 5.82 Å². The highest BCUT2D eigenvalue weighted by Crippen LogP contribution is 2.27. The molecule has 0 amide bonds. The number of halogens is 2. The third-order valence-corrected chi connectivity index (χ3v) is 3.89. The van der Waals surface area contributed by atoms with E-state index in [1.165, 1.54) is 6.07 Å². The van der Waals surface area contributed by atoms with Gasteiger partial charge in [-0.05, 0) is 59.6 Å². The Morgan fingerprint density at radius 2 is 2.00 bits per heavy atom. The van der Waals surface area contributed by atoms with Crippen molar-refractivity contribution in [3.05, 3.63) is 34.1 Å². The third-order valence-electron chi connectivity index (χ3n) is 3.25. The maximum absolute atomic E-state index is 13.5. The lowest BCUT2D eigenvalue weighted by Gasteiger charge is -2.32. The van der Waals surface area contributed by atoms with E-state index in [4.69, 9.17) is 0 Å².